The molecule has 0 amide bonds. The molecule has 0 spiro atoms. The number of nitrogens with zero attached hydrogens (tertiary/aromatic N) is 1. The monoisotopic (exact) mass is 263 g/mol. The highest BCUT2D eigenvalue weighted by Gasteiger charge is 2.17. The van der Waals surface area contributed by atoms with Gasteiger partial charge in [-0.15, -0.1) is 0 Å². The Morgan fingerprint density at radius 2 is 1.78 bits per heavy atom. The summed E-state index contributed by atoms with van der Waals surface area (Å²) in [5.41, 5.74) is 1.16. The summed E-state index contributed by atoms with van der Waals surface area (Å²) in [4.78, 5) is 4.49. The minimum atomic E-state index is 0.637. The van der Waals surface area contributed by atoms with E-state index in [1.165, 1.54) is 43.6 Å². The Kier molecular flexibility index (Phi) is 3.93. The second-order valence-corrected chi connectivity index (χ2v) is 6.46. The van der Waals surface area contributed by atoms with Gasteiger partial charge in [-0.1, -0.05) is 0 Å². The van der Waals surface area contributed by atoms with Gasteiger partial charge in [-0.3, -0.25) is 0 Å². The van der Waals surface area contributed by atoms with E-state index in [9.17, 15) is 0 Å². The summed E-state index contributed by atoms with van der Waals surface area (Å²) < 4.78 is 0. The van der Waals surface area contributed by atoms with Crippen molar-refractivity contribution in [2.75, 3.05) is 22.1 Å². The highest BCUT2D eigenvalue weighted by molar-refractivity contribution is 7.99. The summed E-state index contributed by atoms with van der Waals surface area (Å²) in [7, 11) is 0. The fourth-order valence-electron chi connectivity index (χ4n) is 2.40. The third kappa shape index (κ3) is 3.10. The van der Waals surface area contributed by atoms with Gasteiger partial charge in [0.25, 0.3) is 0 Å². The molecule has 3 rings (SSSR count). The average molecular weight is 263 g/mol. The summed E-state index contributed by atoms with van der Waals surface area (Å²) in [6.45, 7) is 0. The minimum absolute atomic E-state index is 0.637. The molecule has 2 aliphatic rings. The lowest BCUT2D eigenvalue weighted by atomic mass is 9.93. The van der Waals surface area contributed by atoms with Crippen LogP contribution in [0.5, 0.6) is 0 Å². The number of aromatic nitrogens is 1. The van der Waals surface area contributed by atoms with Crippen LogP contribution >= 0.6 is 11.8 Å². The lowest BCUT2D eigenvalue weighted by molar-refractivity contribution is 0.444. The standard InChI is InChI=1S/C14H21N3S/c1-2-11(3-1)17-14-5-4-13(10-15-14)16-12-6-8-18-9-7-12/h4-5,10-12,16H,1-3,6-9H2,(H,15,17). The zero-order valence-electron chi connectivity index (χ0n) is 10.7. The Balaban J connectivity index is 1.52. The van der Waals surface area contributed by atoms with Crippen LogP contribution in [0.2, 0.25) is 0 Å². The van der Waals surface area contributed by atoms with Crippen LogP contribution in [0.1, 0.15) is 32.1 Å². The van der Waals surface area contributed by atoms with Gasteiger partial charge in [0, 0.05) is 12.1 Å². The summed E-state index contributed by atoms with van der Waals surface area (Å²) >= 11 is 2.06. The van der Waals surface area contributed by atoms with Crippen LogP contribution in [0.3, 0.4) is 0 Å². The number of hydrogen-bond donors (Lipinski definition) is 2. The maximum atomic E-state index is 4.49. The summed E-state index contributed by atoms with van der Waals surface area (Å²) in [5.74, 6) is 3.59. The molecule has 1 aliphatic heterocycles. The van der Waals surface area contributed by atoms with Crippen molar-refractivity contribution in [2.24, 2.45) is 0 Å². The van der Waals surface area contributed by atoms with Crippen molar-refractivity contribution < 1.29 is 0 Å². The molecule has 2 N–H and O–H groups in total. The Morgan fingerprint density at radius 3 is 2.39 bits per heavy atom. The van der Waals surface area contributed by atoms with Crippen LogP contribution in [-0.2, 0) is 0 Å². The molecule has 1 aliphatic carbocycles. The normalized spacial score (nSPS) is 21.3. The first-order valence-electron chi connectivity index (χ1n) is 6.97. The Labute approximate surface area is 113 Å². The van der Waals surface area contributed by atoms with Crippen molar-refractivity contribution in [3.8, 4) is 0 Å². The fourth-order valence-corrected chi connectivity index (χ4v) is 3.51. The molecule has 2 fully saturated rings. The molecule has 2 heterocycles. The number of rotatable bonds is 4. The molecule has 0 unspecified atom stereocenters. The molecule has 98 valence electrons. The summed E-state index contributed by atoms with van der Waals surface area (Å²) in [6, 6.07) is 5.54. The largest absolute Gasteiger partial charge is 0.381 e. The summed E-state index contributed by atoms with van der Waals surface area (Å²) in [5, 5.41) is 7.05. The molecule has 1 aromatic rings. The smallest absolute Gasteiger partial charge is 0.126 e. The van der Waals surface area contributed by atoms with Gasteiger partial charge < -0.3 is 10.6 Å². The number of thioether (sulfide) groups is 1. The maximum Gasteiger partial charge on any atom is 0.126 e. The molecule has 0 radical (unpaired) electrons. The number of anilines is 2. The van der Waals surface area contributed by atoms with Gasteiger partial charge in [-0.2, -0.15) is 11.8 Å². The molecule has 18 heavy (non-hydrogen) atoms. The van der Waals surface area contributed by atoms with Crippen molar-refractivity contribution in [1.29, 1.82) is 0 Å². The number of nitrogens with one attached hydrogen (secondary N) is 2. The molecule has 0 atom stereocenters. The molecule has 3 nitrogen and oxygen atoms in total. The highest BCUT2D eigenvalue weighted by atomic mass is 32.2. The average Bonchev–Trinajstić information content (AvgIpc) is 2.37. The summed E-state index contributed by atoms with van der Waals surface area (Å²) in [6.07, 6.45) is 8.45. The quantitative estimate of drug-likeness (QED) is 0.873. The van der Waals surface area contributed by atoms with Crippen LogP contribution < -0.4 is 10.6 Å². The number of pyridine rings is 1. The van der Waals surface area contributed by atoms with Crippen LogP contribution in [0.15, 0.2) is 18.3 Å². The Hall–Kier alpha value is -0.900. The van der Waals surface area contributed by atoms with Crippen molar-refractivity contribution in [1.82, 2.24) is 4.98 Å². The van der Waals surface area contributed by atoms with E-state index >= 15 is 0 Å². The third-order valence-corrected chi connectivity index (χ3v) is 4.86. The van der Waals surface area contributed by atoms with Gasteiger partial charge in [0.1, 0.15) is 5.82 Å². The number of hydrogen-bond acceptors (Lipinski definition) is 4. The van der Waals surface area contributed by atoms with E-state index in [-0.39, 0.29) is 0 Å². The van der Waals surface area contributed by atoms with Crippen molar-refractivity contribution >= 4 is 23.3 Å². The topological polar surface area (TPSA) is 37.0 Å². The van der Waals surface area contributed by atoms with E-state index in [4.69, 9.17) is 0 Å². The first kappa shape index (κ1) is 12.2. The van der Waals surface area contributed by atoms with Crippen LogP contribution in [0, 0.1) is 0 Å². The van der Waals surface area contributed by atoms with E-state index < -0.39 is 0 Å². The first-order chi connectivity index (χ1) is 8.90. The third-order valence-electron chi connectivity index (χ3n) is 3.81. The lowest BCUT2D eigenvalue weighted by Crippen LogP contribution is -2.27. The van der Waals surface area contributed by atoms with Crippen LogP contribution in [0.4, 0.5) is 11.5 Å². The van der Waals surface area contributed by atoms with Gasteiger partial charge >= 0.3 is 0 Å². The van der Waals surface area contributed by atoms with Gasteiger partial charge in [0.05, 0.1) is 11.9 Å². The maximum absolute atomic E-state index is 4.49. The van der Waals surface area contributed by atoms with Crippen molar-refractivity contribution in [3.63, 3.8) is 0 Å². The first-order valence-corrected chi connectivity index (χ1v) is 8.12. The van der Waals surface area contributed by atoms with Crippen molar-refractivity contribution in [3.05, 3.63) is 18.3 Å². The second-order valence-electron chi connectivity index (χ2n) is 5.24. The molecular formula is C14H21N3S. The van der Waals surface area contributed by atoms with E-state index in [1.807, 2.05) is 6.20 Å². The van der Waals surface area contributed by atoms with Gasteiger partial charge in [-0.25, -0.2) is 4.98 Å². The predicted molar refractivity (Wildman–Crippen MR) is 79.5 cm³/mol. The highest BCUT2D eigenvalue weighted by Crippen LogP contribution is 2.24. The molecule has 0 bridgehead atoms. The van der Waals surface area contributed by atoms with E-state index in [1.54, 1.807) is 0 Å². The van der Waals surface area contributed by atoms with Crippen LogP contribution in [0.25, 0.3) is 0 Å². The zero-order chi connectivity index (χ0) is 12.2. The fraction of sp³-hybridized carbons (Fsp3) is 0.643. The Bertz CT molecular complexity index is 369. The Morgan fingerprint density at radius 1 is 1.00 bits per heavy atom. The van der Waals surface area contributed by atoms with E-state index in [0.717, 1.165) is 11.5 Å². The molecule has 1 aromatic heterocycles. The minimum Gasteiger partial charge on any atom is -0.381 e. The van der Waals surface area contributed by atoms with Gasteiger partial charge in [0.2, 0.25) is 0 Å². The van der Waals surface area contributed by atoms with E-state index in [2.05, 4.69) is 39.5 Å². The van der Waals surface area contributed by atoms with E-state index in [0.29, 0.717) is 12.1 Å². The zero-order valence-corrected chi connectivity index (χ0v) is 11.5. The molecule has 0 aromatic carbocycles. The van der Waals surface area contributed by atoms with Crippen molar-refractivity contribution in [2.45, 2.75) is 44.2 Å². The molecule has 4 heteroatoms. The predicted octanol–water partition coefficient (Wildman–Crippen LogP) is 3.35. The van der Waals surface area contributed by atoms with Gasteiger partial charge in [-0.05, 0) is 55.7 Å². The molecular weight excluding hydrogens is 242 g/mol. The molecule has 1 saturated carbocycles. The van der Waals surface area contributed by atoms with Crippen LogP contribution in [-0.4, -0.2) is 28.6 Å². The molecule has 1 saturated heterocycles. The second kappa shape index (κ2) is 5.83. The lowest BCUT2D eigenvalue weighted by Gasteiger charge is -2.27. The van der Waals surface area contributed by atoms with Gasteiger partial charge in [0.15, 0.2) is 0 Å². The SMILES string of the molecule is c1cc(NC2CCC2)ncc1NC1CCSCC1.